The van der Waals surface area contributed by atoms with E-state index in [4.69, 9.17) is 5.84 Å². The van der Waals surface area contributed by atoms with Gasteiger partial charge >= 0.3 is 11.8 Å². The predicted octanol–water partition coefficient (Wildman–Crippen LogP) is -2.68. The molecule has 0 saturated carbocycles. The second-order valence-corrected chi connectivity index (χ2v) is 2.94. The minimum atomic E-state index is -0.911. The second-order valence-electron chi connectivity index (χ2n) is 2.94. The van der Waals surface area contributed by atoms with Crippen LogP contribution in [0.3, 0.4) is 0 Å². The van der Waals surface area contributed by atoms with Crippen LogP contribution < -0.4 is 16.6 Å². The fourth-order valence-electron chi connectivity index (χ4n) is 1.25. The molecule has 1 fully saturated rings. The number of hydrogen-bond donors (Lipinski definition) is 3. The predicted molar refractivity (Wildman–Crippen MR) is 46.5 cm³/mol. The fourth-order valence-corrected chi connectivity index (χ4v) is 1.25. The molecule has 1 heterocycles. The van der Waals surface area contributed by atoms with Crippen molar-refractivity contribution in [3.05, 3.63) is 0 Å². The summed E-state index contributed by atoms with van der Waals surface area (Å²) < 4.78 is 0. The van der Waals surface area contributed by atoms with E-state index in [1.807, 2.05) is 0 Å². The summed E-state index contributed by atoms with van der Waals surface area (Å²) in [5.74, 6) is 2.85. The van der Waals surface area contributed by atoms with Gasteiger partial charge in [-0.05, 0) is 6.92 Å². The molecule has 1 saturated heterocycles. The Balaban J connectivity index is 2.71. The number of nitrogens with one attached hydrogen (secondary N) is 2. The van der Waals surface area contributed by atoms with E-state index in [1.54, 1.807) is 12.3 Å². The molecule has 3 amide bonds. The van der Waals surface area contributed by atoms with Crippen LogP contribution in [-0.2, 0) is 14.4 Å². The molecule has 7 heteroatoms. The van der Waals surface area contributed by atoms with E-state index in [1.165, 1.54) is 4.90 Å². The summed E-state index contributed by atoms with van der Waals surface area (Å²) in [6, 6.07) is -0.631. The first kappa shape index (κ1) is 10.5. The summed E-state index contributed by atoms with van der Waals surface area (Å²) in [6.45, 7) is 2.22. The van der Waals surface area contributed by atoms with Gasteiger partial charge in [0.15, 0.2) is 0 Å². The third kappa shape index (κ3) is 1.82. The van der Waals surface area contributed by atoms with Crippen molar-refractivity contribution >= 4 is 17.7 Å². The number of nitrogens with zero attached hydrogens (tertiary/aromatic N) is 1. The SMILES string of the molecule is CC1C(=O)NCCN1C(=O)C(=O)NN. The van der Waals surface area contributed by atoms with Crippen LogP contribution in [0.1, 0.15) is 6.92 Å². The summed E-state index contributed by atoms with van der Waals surface area (Å²) >= 11 is 0. The molecule has 0 aromatic heterocycles. The van der Waals surface area contributed by atoms with Crippen LogP contribution >= 0.6 is 0 Å². The lowest BCUT2D eigenvalue weighted by molar-refractivity contribution is -0.150. The van der Waals surface area contributed by atoms with Gasteiger partial charge in [-0.2, -0.15) is 0 Å². The van der Waals surface area contributed by atoms with Gasteiger partial charge < -0.3 is 10.2 Å². The molecule has 0 aromatic rings. The second kappa shape index (κ2) is 4.05. The van der Waals surface area contributed by atoms with E-state index in [-0.39, 0.29) is 5.91 Å². The van der Waals surface area contributed by atoms with Crippen molar-refractivity contribution < 1.29 is 14.4 Å². The number of hydrazine groups is 1. The molecule has 1 aliphatic heterocycles. The van der Waals surface area contributed by atoms with E-state index < -0.39 is 17.9 Å². The van der Waals surface area contributed by atoms with Gasteiger partial charge in [0.2, 0.25) is 5.91 Å². The van der Waals surface area contributed by atoms with Crippen LogP contribution in [-0.4, -0.2) is 41.8 Å². The molecular weight excluding hydrogens is 188 g/mol. The Morgan fingerprint density at radius 1 is 1.64 bits per heavy atom. The lowest BCUT2D eigenvalue weighted by atomic mass is 10.2. The first-order valence-corrected chi connectivity index (χ1v) is 4.17. The van der Waals surface area contributed by atoms with E-state index in [2.05, 4.69) is 5.32 Å². The van der Waals surface area contributed by atoms with Crippen molar-refractivity contribution in [1.82, 2.24) is 15.6 Å². The molecule has 0 bridgehead atoms. The number of amides is 3. The normalized spacial score (nSPS) is 21.4. The number of nitrogens with two attached hydrogens (primary N) is 1. The molecule has 78 valence electrons. The molecule has 14 heavy (non-hydrogen) atoms. The quantitative estimate of drug-likeness (QED) is 0.171. The molecule has 7 nitrogen and oxygen atoms in total. The average molecular weight is 200 g/mol. The van der Waals surface area contributed by atoms with Crippen molar-refractivity contribution in [2.45, 2.75) is 13.0 Å². The maximum absolute atomic E-state index is 11.3. The van der Waals surface area contributed by atoms with Gasteiger partial charge in [-0.25, -0.2) is 5.84 Å². The van der Waals surface area contributed by atoms with Crippen LogP contribution in [0.25, 0.3) is 0 Å². The summed E-state index contributed by atoms with van der Waals surface area (Å²) in [6.07, 6.45) is 0. The monoisotopic (exact) mass is 200 g/mol. The number of hydrogen-bond acceptors (Lipinski definition) is 4. The highest BCUT2D eigenvalue weighted by atomic mass is 16.2. The molecule has 1 rings (SSSR count). The highest BCUT2D eigenvalue weighted by Crippen LogP contribution is 2.03. The number of carbonyl (C=O) groups is 3. The van der Waals surface area contributed by atoms with Crippen LogP contribution in [0, 0.1) is 0 Å². The summed E-state index contributed by atoms with van der Waals surface area (Å²) in [7, 11) is 0. The molecule has 0 spiro atoms. The lowest BCUT2D eigenvalue weighted by Gasteiger charge is -2.31. The van der Waals surface area contributed by atoms with Gasteiger partial charge in [0.05, 0.1) is 0 Å². The average Bonchev–Trinajstić information content (AvgIpc) is 2.20. The third-order valence-corrected chi connectivity index (χ3v) is 2.09. The van der Waals surface area contributed by atoms with E-state index in [9.17, 15) is 14.4 Å². The first-order valence-electron chi connectivity index (χ1n) is 4.17. The van der Waals surface area contributed by atoms with Crippen molar-refractivity contribution in [1.29, 1.82) is 0 Å². The minimum Gasteiger partial charge on any atom is -0.353 e. The van der Waals surface area contributed by atoms with Crippen LogP contribution in [0.4, 0.5) is 0 Å². The number of rotatable bonds is 0. The zero-order chi connectivity index (χ0) is 10.7. The summed E-state index contributed by atoms with van der Waals surface area (Å²) in [5.41, 5.74) is 1.74. The minimum absolute atomic E-state index is 0.269. The highest BCUT2D eigenvalue weighted by molar-refractivity contribution is 6.35. The Hall–Kier alpha value is -1.63. The zero-order valence-corrected chi connectivity index (χ0v) is 7.74. The van der Waals surface area contributed by atoms with Gasteiger partial charge in [0.25, 0.3) is 0 Å². The molecule has 1 unspecified atom stereocenters. The molecule has 1 aliphatic rings. The van der Waals surface area contributed by atoms with Crippen molar-refractivity contribution in [3.8, 4) is 0 Å². The van der Waals surface area contributed by atoms with Crippen LogP contribution in [0.15, 0.2) is 0 Å². The Morgan fingerprint density at radius 2 is 2.29 bits per heavy atom. The summed E-state index contributed by atoms with van der Waals surface area (Å²) in [5, 5.41) is 2.58. The first-order chi connectivity index (χ1) is 6.57. The number of carbonyl (C=O) groups excluding carboxylic acids is 3. The smallest absolute Gasteiger partial charge is 0.323 e. The van der Waals surface area contributed by atoms with Crippen LogP contribution in [0.5, 0.6) is 0 Å². The Morgan fingerprint density at radius 3 is 2.86 bits per heavy atom. The standard InChI is InChI=1S/C7H12N4O3/c1-4-5(12)9-2-3-11(4)7(14)6(13)10-8/h4H,2-3,8H2,1H3,(H,9,12)(H,10,13). The van der Waals surface area contributed by atoms with E-state index >= 15 is 0 Å². The molecule has 0 aliphatic carbocycles. The van der Waals surface area contributed by atoms with Crippen LogP contribution in [0.2, 0.25) is 0 Å². The Labute approximate surface area is 80.6 Å². The largest absolute Gasteiger partial charge is 0.353 e. The van der Waals surface area contributed by atoms with Gasteiger partial charge in [-0.15, -0.1) is 0 Å². The van der Waals surface area contributed by atoms with E-state index in [0.29, 0.717) is 13.1 Å². The molecule has 4 N–H and O–H groups in total. The molecule has 0 radical (unpaired) electrons. The lowest BCUT2D eigenvalue weighted by Crippen LogP contribution is -2.59. The zero-order valence-electron chi connectivity index (χ0n) is 7.74. The van der Waals surface area contributed by atoms with Gasteiger partial charge in [-0.1, -0.05) is 0 Å². The van der Waals surface area contributed by atoms with E-state index in [0.717, 1.165) is 0 Å². The summed E-state index contributed by atoms with van der Waals surface area (Å²) in [4.78, 5) is 34.6. The van der Waals surface area contributed by atoms with Crippen molar-refractivity contribution in [3.63, 3.8) is 0 Å². The van der Waals surface area contributed by atoms with Gasteiger partial charge in [0, 0.05) is 13.1 Å². The molecular formula is C7H12N4O3. The number of piperazine rings is 1. The third-order valence-electron chi connectivity index (χ3n) is 2.09. The molecule has 0 aromatic carbocycles. The Bertz CT molecular complexity index is 278. The van der Waals surface area contributed by atoms with Gasteiger partial charge in [-0.3, -0.25) is 19.8 Å². The fraction of sp³-hybridized carbons (Fsp3) is 0.571. The maximum atomic E-state index is 11.3. The van der Waals surface area contributed by atoms with Crippen molar-refractivity contribution in [2.24, 2.45) is 5.84 Å². The molecule has 1 atom stereocenters. The van der Waals surface area contributed by atoms with Crippen molar-refractivity contribution in [2.75, 3.05) is 13.1 Å². The Kier molecular flexibility index (Phi) is 3.03. The van der Waals surface area contributed by atoms with Gasteiger partial charge in [0.1, 0.15) is 6.04 Å². The topological polar surface area (TPSA) is 105 Å². The highest BCUT2D eigenvalue weighted by Gasteiger charge is 2.32. The maximum Gasteiger partial charge on any atom is 0.323 e.